The van der Waals surface area contributed by atoms with E-state index in [4.69, 9.17) is 5.73 Å². The van der Waals surface area contributed by atoms with E-state index >= 15 is 0 Å². The zero-order chi connectivity index (χ0) is 14.7. The van der Waals surface area contributed by atoms with Crippen LogP contribution in [0.1, 0.15) is 30.9 Å². The summed E-state index contributed by atoms with van der Waals surface area (Å²) in [6.07, 6.45) is 1.04. The van der Waals surface area contributed by atoms with Gasteiger partial charge < -0.3 is 5.73 Å². The maximum atomic E-state index is 13.2. The van der Waals surface area contributed by atoms with Crippen LogP contribution in [0.5, 0.6) is 0 Å². The van der Waals surface area contributed by atoms with Crippen molar-refractivity contribution in [1.82, 2.24) is 9.97 Å². The summed E-state index contributed by atoms with van der Waals surface area (Å²) < 4.78 is 26.3. The molecule has 0 saturated carbocycles. The van der Waals surface area contributed by atoms with Gasteiger partial charge in [-0.05, 0) is 30.0 Å². The number of rotatable bonds is 4. The average Bonchev–Trinajstić information content (AvgIpc) is 2.24. The lowest BCUT2D eigenvalue weighted by Gasteiger charge is -2.08. The number of hydrogen-bond acceptors (Lipinski definition) is 3. The van der Waals surface area contributed by atoms with Gasteiger partial charge in [-0.2, -0.15) is 0 Å². The van der Waals surface area contributed by atoms with Gasteiger partial charge >= 0.3 is 0 Å². The lowest BCUT2D eigenvalue weighted by Crippen LogP contribution is -2.06. The molecule has 0 aliphatic carbocycles. The Morgan fingerprint density at radius 1 is 1.05 bits per heavy atom. The van der Waals surface area contributed by atoms with Crippen LogP contribution in [0.4, 0.5) is 14.6 Å². The van der Waals surface area contributed by atoms with Crippen LogP contribution in [0.15, 0.2) is 24.3 Å². The van der Waals surface area contributed by atoms with Gasteiger partial charge in [-0.3, -0.25) is 0 Å². The van der Waals surface area contributed by atoms with Crippen LogP contribution in [-0.4, -0.2) is 9.97 Å². The van der Waals surface area contributed by atoms with Gasteiger partial charge in [0.2, 0.25) is 0 Å². The fourth-order valence-electron chi connectivity index (χ4n) is 2.07. The van der Waals surface area contributed by atoms with Crippen LogP contribution in [0.25, 0.3) is 0 Å². The molecule has 2 N–H and O–H groups in total. The summed E-state index contributed by atoms with van der Waals surface area (Å²) in [6, 6.07) is 5.12. The van der Waals surface area contributed by atoms with Gasteiger partial charge in [0.05, 0.1) is 0 Å². The first-order valence-corrected chi connectivity index (χ1v) is 6.49. The summed E-state index contributed by atoms with van der Waals surface area (Å²) in [5.74, 6) is 0.0922. The fraction of sp³-hybridized carbons (Fsp3) is 0.333. The molecular weight excluding hydrogens is 260 g/mol. The summed E-state index contributed by atoms with van der Waals surface area (Å²) >= 11 is 0. The van der Waals surface area contributed by atoms with Crippen LogP contribution >= 0.6 is 0 Å². The van der Waals surface area contributed by atoms with Crippen molar-refractivity contribution in [3.05, 3.63) is 53.0 Å². The maximum Gasteiger partial charge on any atom is 0.135 e. The summed E-state index contributed by atoms with van der Waals surface area (Å²) in [4.78, 5) is 8.51. The van der Waals surface area contributed by atoms with Gasteiger partial charge in [0.1, 0.15) is 23.3 Å². The molecule has 3 nitrogen and oxygen atoms in total. The number of aromatic nitrogens is 2. The standard InChI is InChI=1S/C15H17F2N3/c1-9(2)3-13-8-14(18)20-15(19-13)6-10-4-11(16)7-12(17)5-10/h4-5,7-9H,3,6H2,1-2H3,(H2,18,19,20). The van der Waals surface area contributed by atoms with Crippen LogP contribution in [0, 0.1) is 17.6 Å². The zero-order valence-corrected chi connectivity index (χ0v) is 11.5. The average molecular weight is 277 g/mol. The van der Waals surface area contributed by atoms with Crippen molar-refractivity contribution in [2.75, 3.05) is 5.73 Å². The van der Waals surface area contributed by atoms with E-state index in [0.717, 1.165) is 18.2 Å². The highest BCUT2D eigenvalue weighted by Gasteiger charge is 2.08. The first-order chi connectivity index (χ1) is 9.42. The van der Waals surface area contributed by atoms with Gasteiger partial charge in [0.15, 0.2) is 0 Å². The molecule has 1 heterocycles. The lowest BCUT2D eigenvalue weighted by atomic mass is 10.1. The van der Waals surface area contributed by atoms with Crippen molar-refractivity contribution in [2.45, 2.75) is 26.7 Å². The minimum absolute atomic E-state index is 0.255. The summed E-state index contributed by atoms with van der Waals surface area (Å²) in [6.45, 7) is 4.17. The van der Waals surface area contributed by atoms with Gasteiger partial charge in [-0.1, -0.05) is 13.8 Å². The first kappa shape index (κ1) is 14.4. The number of nitrogen functional groups attached to an aromatic ring is 1. The molecule has 0 bridgehead atoms. The monoisotopic (exact) mass is 277 g/mol. The molecule has 0 amide bonds. The van der Waals surface area contributed by atoms with Gasteiger partial charge in [-0.15, -0.1) is 0 Å². The second-order valence-corrected chi connectivity index (χ2v) is 5.25. The van der Waals surface area contributed by atoms with Crippen LogP contribution in [-0.2, 0) is 12.8 Å². The van der Waals surface area contributed by atoms with Gasteiger partial charge in [0, 0.05) is 24.2 Å². The van der Waals surface area contributed by atoms with E-state index in [-0.39, 0.29) is 6.42 Å². The second kappa shape index (κ2) is 5.94. The predicted octanol–water partition coefficient (Wildman–Crippen LogP) is 3.13. The Morgan fingerprint density at radius 3 is 2.30 bits per heavy atom. The Morgan fingerprint density at radius 2 is 1.70 bits per heavy atom. The van der Waals surface area contributed by atoms with Crippen molar-refractivity contribution in [3.8, 4) is 0 Å². The quantitative estimate of drug-likeness (QED) is 0.934. The molecule has 5 heteroatoms. The molecule has 0 atom stereocenters. The molecule has 2 aromatic rings. The summed E-state index contributed by atoms with van der Waals surface area (Å²) in [5, 5.41) is 0. The summed E-state index contributed by atoms with van der Waals surface area (Å²) in [7, 11) is 0. The van der Waals surface area contributed by atoms with Crippen molar-refractivity contribution < 1.29 is 8.78 Å². The van der Waals surface area contributed by atoms with E-state index in [2.05, 4.69) is 23.8 Å². The van der Waals surface area contributed by atoms with Crippen LogP contribution < -0.4 is 5.73 Å². The van der Waals surface area contributed by atoms with E-state index in [9.17, 15) is 8.78 Å². The molecule has 0 saturated heterocycles. The van der Waals surface area contributed by atoms with Crippen molar-refractivity contribution >= 4 is 5.82 Å². The topological polar surface area (TPSA) is 51.8 Å². The third kappa shape index (κ3) is 3.98. The van der Waals surface area contributed by atoms with Gasteiger partial charge in [-0.25, -0.2) is 18.7 Å². The number of nitrogens with two attached hydrogens (primary N) is 1. The highest BCUT2D eigenvalue weighted by molar-refractivity contribution is 5.31. The normalized spacial score (nSPS) is 11.1. The Bertz CT molecular complexity index is 592. The van der Waals surface area contributed by atoms with E-state index in [1.165, 1.54) is 12.1 Å². The predicted molar refractivity (Wildman–Crippen MR) is 74.2 cm³/mol. The SMILES string of the molecule is CC(C)Cc1cc(N)nc(Cc2cc(F)cc(F)c2)n1. The third-order valence-electron chi connectivity index (χ3n) is 2.75. The van der Waals surface area contributed by atoms with E-state index in [1.54, 1.807) is 6.07 Å². The number of anilines is 1. The molecule has 0 unspecified atom stereocenters. The third-order valence-corrected chi connectivity index (χ3v) is 2.75. The molecule has 20 heavy (non-hydrogen) atoms. The maximum absolute atomic E-state index is 13.2. The highest BCUT2D eigenvalue weighted by atomic mass is 19.1. The van der Waals surface area contributed by atoms with Gasteiger partial charge in [0.25, 0.3) is 0 Å². The largest absolute Gasteiger partial charge is 0.384 e. The van der Waals surface area contributed by atoms with E-state index < -0.39 is 11.6 Å². The molecule has 1 aromatic carbocycles. The van der Waals surface area contributed by atoms with Crippen molar-refractivity contribution in [2.24, 2.45) is 5.92 Å². The lowest BCUT2D eigenvalue weighted by molar-refractivity contribution is 0.580. The molecule has 0 aliphatic heterocycles. The second-order valence-electron chi connectivity index (χ2n) is 5.25. The minimum Gasteiger partial charge on any atom is -0.384 e. The Balaban J connectivity index is 2.26. The zero-order valence-electron chi connectivity index (χ0n) is 11.5. The van der Waals surface area contributed by atoms with Crippen molar-refractivity contribution in [1.29, 1.82) is 0 Å². The molecule has 1 aromatic heterocycles. The molecule has 0 fully saturated rings. The Hall–Kier alpha value is -2.04. The first-order valence-electron chi connectivity index (χ1n) is 6.49. The molecule has 0 radical (unpaired) electrons. The molecular formula is C15H17F2N3. The number of benzene rings is 1. The molecule has 106 valence electrons. The minimum atomic E-state index is -0.605. The molecule has 0 spiro atoms. The summed E-state index contributed by atoms with van der Waals surface area (Å²) in [5.41, 5.74) is 7.09. The number of nitrogens with zero attached hydrogens (tertiary/aromatic N) is 2. The van der Waals surface area contributed by atoms with Crippen LogP contribution in [0.3, 0.4) is 0 Å². The highest BCUT2D eigenvalue weighted by Crippen LogP contribution is 2.14. The van der Waals surface area contributed by atoms with Crippen molar-refractivity contribution in [3.63, 3.8) is 0 Å². The number of halogens is 2. The molecule has 0 aliphatic rings. The smallest absolute Gasteiger partial charge is 0.135 e. The Kier molecular flexibility index (Phi) is 4.27. The van der Waals surface area contributed by atoms with E-state index in [0.29, 0.717) is 23.1 Å². The van der Waals surface area contributed by atoms with E-state index in [1.807, 2.05) is 0 Å². The fourth-order valence-corrected chi connectivity index (χ4v) is 2.07. The van der Waals surface area contributed by atoms with Crippen LogP contribution in [0.2, 0.25) is 0 Å². The number of hydrogen-bond donors (Lipinski definition) is 1. The molecule has 2 rings (SSSR count). The Labute approximate surface area is 116 Å².